The van der Waals surface area contributed by atoms with Crippen molar-refractivity contribution in [3.8, 4) is 0 Å². The van der Waals surface area contributed by atoms with E-state index in [9.17, 15) is 0 Å². The second kappa shape index (κ2) is 10.6. The average Bonchev–Trinajstić information content (AvgIpc) is 3.44. The fourth-order valence-corrected chi connectivity index (χ4v) is 8.85. The Morgan fingerprint density at radius 3 is 1.71 bits per heavy atom. The Labute approximate surface area is 199 Å². The molecule has 6 unspecified atom stereocenters. The van der Waals surface area contributed by atoms with Gasteiger partial charge in [0.2, 0.25) is 0 Å². The van der Waals surface area contributed by atoms with E-state index in [0.717, 1.165) is 61.7 Å². The van der Waals surface area contributed by atoms with Crippen LogP contribution < -0.4 is 16.4 Å². The van der Waals surface area contributed by atoms with E-state index in [-0.39, 0.29) is 12.4 Å². The molecule has 3 nitrogen and oxygen atoms in total. The van der Waals surface area contributed by atoms with Crippen molar-refractivity contribution in [2.75, 3.05) is 26.2 Å². The summed E-state index contributed by atoms with van der Waals surface area (Å²) in [6.45, 7) is 14.1. The van der Waals surface area contributed by atoms with Crippen LogP contribution in [0.2, 0.25) is 0 Å². The van der Waals surface area contributed by atoms with Crippen molar-refractivity contribution in [3.05, 3.63) is 0 Å². The van der Waals surface area contributed by atoms with Crippen molar-refractivity contribution in [2.24, 2.45) is 52.1 Å². The number of nitrogens with one attached hydrogen (secondary N) is 2. The summed E-state index contributed by atoms with van der Waals surface area (Å²) < 4.78 is 0. The van der Waals surface area contributed by atoms with E-state index < -0.39 is 0 Å². The molecule has 0 spiro atoms. The third-order valence-corrected chi connectivity index (χ3v) is 10.8. The van der Waals surface area contributed by atoms with E-state index in [0.29, 0.717) is 16.9 Å². The van der Waals surface area contributed by atoms with Gasteiger partial charge in [0.25, 0.3) is 0 Å². The zero-order valence-corrected chi connectivity index (χ0v) is 21.7. The molecule has 0 aromatic heterocycles. The van der Waals surface area contributed by atoms with E-state index >= 15 is 0 Å². The van der Waals surface area contributed by atoms with Crippen molar-refractivity contribution in [1.29, 1.82) is 0 Å². The summed E-state index contributed by atoms with van der Waals surface area (Å²) in [7, 11) is 0. The molecule has 0 radical (unpaired) electrons. The molecule has 0 aromatic carbocycles. The molecule has 4 saturated carbocycles. The molecular formula is C27H52ClN3. The Morgan fingerprint density at radius 2 is 1.29 bits per heavy atom. The third-order valence-electron chi connectivity index (χ3n) is 10.8. The van der Waals surface area contributed by atoms with E-state index in [4.69, 9.17) is 5.73 Å². The Bertz CT molecular complexity index is 521. The first-order valence-corrected chi connectivity index (χ1v) is 13.5. The van der Waals surface area contributed by atoms with Crippen LogP contribution in [0.1, 0.15) is 91.9 Å². The first kappa shape index (κ1) is 25.8. The van der Waals surface area contributed by atoms with Gasteiger partial charge < -0.3 is 16.4 Å². The fourth-order valence-electron chi connectivity index (χ4n) is 8.85. The molecule has 0 aliphatic heterocycles. The summed E-state index contributed by atoms with van der Waals surface area (Å²) in [5, 5.41) is 7.43. The summed E-state index contributed by atoms with van der Waals surface area (Å²) in [6, 6.07) is 0.703. The molecule has 4 N–H and O–H groups in total. The van der Waals surface area contributed by atoms with Crippen LogP contribution in [0.5, 0.6) is 0 Å². The maximum absolute atomic E-state index is 5.63. The van der Waals surface area contributed by atoms with Crippen LogP contribution >= 0.6 is 12.4 Å². The summed E-state index contributed by atoms with van der Waals surface area (Å²) in [4.78, 5) is 0. The smallest absolute Gasteiger partial charge is 0.00793 e. The van der Waals surface area contributed by atoms with Gasteiger partial charge in [0.15, 0.2) is 0 Å². The van der Waals surface area contributed by atoms with Gasteiger partial charge in [-0.2, -0.15) is 0 Å². The number of nitrogens with two attached hydrogens (primary N) is 1. The van der Waals surface area contributed by atoms with Gasteiger partial charge in [0, 0.05) is 32.2 Å². The maximum Gasteiger partial charge on any atom is 0.00793 e. The monoisotopic (exact) mass is 453 g/mol. The molecule has 182 valence electrons. The van der Waals surface area contributed by atoms with E-state index in [1.54, 1.807) is 0 Å². The van der Waals surface area contributed by atoms with Gasteiger partial charge in [-0.1, -0.05) is 27.7 Å². The first-order valence-electron chi connectivity index (χ1n) is 13.5. The Morgan fingerprint density at radius 1 is 0.774 bits per heavy atom. The lowest BCUT2D eigenvalue weighted by Crippen LogP contribution is -2.39. The molecule has 0 aromatic rings. The summed E-state index contributed by atoms with van der Waals surface area (Å²) >= 11 is 0. The molecule has 31 heavy (non-hydrogen) atoms. The molecule has 4 bridgehead atoms. The minimum Gasteiger partial charge on any atom is -0.329 e. The predicted octanol–water partition coefficient (Wildman–Crippen LogP) is 5.62. The lowest BCUT2D eigenvalue weighted by atomic mass is 9.66. The van der Waals surface area contributed by atoms with E-state index in [1.807, 2.05) is 0 Å². The van der Waals surface area contributed by atoms with Crippen LogP contribution in [0.4, 0.5) is 0 Å². The molecule has 6 atom stereocenters. The summed E-state index contributed by atoms with van der Waals surface area (Å²) in [6.07, 6.45) is 14.7. The van der Waals surface area contributed by atoms with Gasteiger partial charge in [-0.15, -0.1) is 12.4 Å². The molecule has 4 aliphatic carbocycles. The van der Waals surface area contributed by atoms with Crippen molar-refractivity contribution >= 4 is 12.4 Å². The zero-order valence-electron chi connectivity index (χ0n) is 20.9. The third kappa shape index (κ3) is 5.31. The number of halogens is 1. The van der Waals surface area contributed by atoms with Crippen molar-refractivity contribution in [1.82, 2.24) is 10.6 Å². The number of hydrogen-bond donors (Lipinski definition) is 3. The van der Waals surface area contributed by atoms with Crippen LogP contribution in [0, 0.1) is 46.3 Å². The quantitative estimate of drug-likeness (QED) is 0.336. The summed E-state index contributed by atoms with van der Waals surface area (Å²) in [5.74, 6) is 6.01. The van der Waals surface area contributed by atoms with Gasteiger partial charge in [-0.25, -0.2) is 0 Å². The molecule has 4 rings (SSSR count). The Kier molecular flexibility index (Phi) is 8.83. The van der Waals surface area contributed by atoms with Crippen LogP contribution in [0.25, 0.3) is 0 Å². The van der Waals surface area contributed by atoms with Crippen molar-refractivity contribution in [2.45, 2.75) is 97.9 Å². The molecule has 4 heteroatoms. The topological polar surface area (TPSA) is 50.1 Å². The number of rotatable bonds is 12. The molecule has 0 saturated heterocycles. The highest BCUT2D eigenvalue weighted by Crippen LogP contribution is 2.62. The Hall–Kier alpha value is 0.170. The average molecular weight is 454 g/mol. The first-order chi connectivity index (χ1) is 14.3. The molecular weight excluding hydrogens is 402 g/mol. The molecule has 4 aliphatic rings. The van der Waals surface area contributed by atoms with Crippen LogP contribution in [-0.4, -0.2) is 32.2 Å². The normalized spacial score (nSPS) is 37.8. The zero-order chi connectivity index (χ0) is 21.4. The second-order valence-electron chi connectivity index (χ2n) is 12.7. The highest BCUT2D eigenvalue weighted by atomic mass is 35.5. The van der Waals surface area contributed by atoms with Crippen molar-refractivity contribution < 1.29 is 0 Å². The van der Waals surface area contributed by atoms with E-state index in [2.05, 4.69) is 38.3 Å². The highest BCUT2D eigenvalue weighted by molar-refractivity contribution is 5.85. The number of fused-ring (bicyclic) bond motifs is 4. The lowest BCUT2D eigenvalue weighted by molar-refractivity contribution is 0.0996. The standard InChI is InChI=1S/C27H51N3.ClH/c1-26(2)21-7-5-19(17-21)24(26)11-9-23(30-16-15-29-14-13-28)10-12-25-20-6-8-22(18-20)27(25,3)4;/h19-25,29-30H,5-18,28H2,1-4H3;1H. The fraction of sp³-hybridized carbons (Fsp3) is 1.00. The minimum absolute atomic E-state index is 0. The van der Waals surface area contributed by atoms with Crippen LogP contribution in [-0.2, 0) is 0 Å². The van der Waals surface area contributed by atoms with Gasteiger partial charge in [-0.05, 0) is 111 Å². The molecule has 4 fully saturated rings. The molecule has 0 amide bonds. The Balaban J connectivity index is 0.00000272. The minimum atomic E-state index is 0. The number of hydrogen-bond acceptors (Lipinski definition) is 3. The predicted molar refractivity (Wildman–Crippen MR) is 136 cm³/mol. The van der Waals surface area contributed by atoms with Gasteiger partial charge in [0.05, 0.1) is 0 Å². The lowest BCUT2D eigenvalue weighted by Gasteiger charge is -2.40. The maximum atomic E-state index is 5.63. The van der Waals surface area contributed by atoms with Gasteiger partial charge >= 0.3 is 0 Å². The highest BCUT2D eigenvalue weighted by Gasteiger charge is 2.53. The SMILES string of the molecule is CC1(C)C2CCC(C2)C1CCC(CCC1C2CCC(C2)C1(C)C)NCCNCCN.Cl. The van der Waals surface area contributed by atoms with Crippen molar-refractivity contribution in [3.63, 3.8) is 0 Å². The second-order valence-corrected chi connectivity index (χ2v) is 12.7. The van der Waals surface area contributed by atoms with Crippen LogP contribution in [0.3, 0.4) is 0 Å². The van der Waals surface area contributed by atoms with Gasteiger partial charge in [0.1, 0.15) is 0 Å². The van der Waals surface area contributed by atoms with Gasteiger partial charge in [-0.3, -0.25) is 0 Å². The largest absolute Gasteiger partial charge is 0.329 e. The van der Waals surface area contributed by atoms with E-state index in [1.165, 1.54) is 64.2 Å². The van der Waals surface area contributed by atoms with Crippen LogP contribution in [0.15, 0.2) is 0 Å². The summed E-state index contributed by atoms with van der Waals surface area (Å²) in [5.41, 5.74) is 6.80. The molecule has 0 heterocycles.